The Morgan fingerprint density at radius 3 is 3.11 bits per heavy atom. The summed E-state index contributed by atoms with van der Waals surface area (Å²) in [4.78, 5) is 10.2. The van der Waals surface area contributed by atoms with E-state index in [0.29, 0.717) is 0 Å². The Kier molecular flexibility index (Phi) is 1.53. The lowest BCUT2D eigenvalue weighted by molar-refractivity contribution is -0.133. The van der Waals surface area contributed by atoms with E-state index in [2.05, 4.69) is 15.2 Å². The van der Waals surface area contributed by atoms with Crippen molar-refractivity contribution in [1.82, 2.24) is 0 Å². The highest BCUT2D eigenvalue weighted by molar-refractivity contribution is 5.68. The van der Waals surface area contributed by atoms with Crippen molar-refractivity contribution in [3.63, 3.8) is 0 Å². The highest BCUT2D eigenvalue weighted by atomic mass is 16.6. The summed E-state index contributed by atoms with van der Waals surface area (Å²) >= 11 is 0. The quantitative estimate of drug-likeness (QED) is 0.525. The van der Waals surface area contributed by atoms with E-state index in [0.717, 1.165) is 0 Å². The molecule has 0 amide bonds. The van der Waals surface area contributed by atoms with Gasteiger partial charge in [-0.1, -0.05) is 0 Å². The first-order valence-electron chi connectivity index (χ1n) is 2.42. The number of hydrogen-bond acceptors (Lipinski definition) is 3. The smallest absolute Gasteiger partial charge is 0.310 e. The van der Waals surface area contributed by atoms with E-state index in [-0.39, 0.29) is 5.95 Å². The van der Waals surface area contributed by atoms with Crippen LogP contribution < -0.4 is 4.74 Å². The molecule has 1 aromatic heterocycles. The van der Waals surface area contributed by atoms with Gasteiger partial charge in [0.05, 0.1) is 0 Å². The van der Waals surface area contributed by atoms with Crippen LogP contribution in [0, 0.1) is 6.07 Å². The van der Waals surface area contributed by atoms with Crippen LogP contribution in [0.25, 0.3) is 0 Å². The minimum atomic E-state index is -0.390. The Labute approximate surface area is 52.2 Å². The Hall–Kier alpha value is -1.25. The number of hydrogen-bond donors (Lipinski definition) is 0. The molecule has 1 rings (SSSR count). The first-order chi connectivity index (χ1) is 4.29. The maximum Gasteiger partial charge on any atom is 0.310 e. The predicted molar refractivity (Wildman–Crippen MR) is 28.9 cm³/mol. The number of carbonyl (C=O) groups is 1. The molecule has 0 aliphatic carbocycles. The number of esters is 1. The van der Waals surface area contributed by atoms with Crippen molar-refractivity contribution >= 4 is 5.97 Å². The fourth-order valence-electron chi connectivity index (χ4n) is 0.423. The normalized spacial score (nSPS) is 9.00. The summed E-state index contributed by atoms with van der Waals surface area (Å²) in [5.74, 6) is -0.208. The summed E-state index contributed by atoms with van der Waals surface area (Å²) in [7, 11) is 0. The predicted octanol–water partition coefficient (Wildman–Crippen LogP) is 1.01. The molecule has 0 aliphatic heterocycles. The van der Waals surface area contributed by atoms with E-state index in [4.69, 9.17) is 0 Å². The van der Waals surface area contributed by atoms with Gasteiger partial charge in [0.25, 0.3) is 5.95 Å². The van der Waals surface area contributed by atoms with Gasteiger partial charge in [0, 0.05) is 19.1 Å². The summed E-state index contributed by atoms with van der Waals surface area (Å²) < 4.78 is 9.16. The average molecular weight is 125 g/mol. The first kappa shape index (κ1) is 5.88. The van der Waals surface area contributed by atoms with Crippen LogP contribution in [-0.2, 0) is 4.79 Å². The standard InChI is InChI=1S/C6H5O3/c1-5(7)9-6-3-2-4-8-6/h3-4H,1H3. The number of furan rings is 1. The maximum atomic E-state index is 10.2. The van der Waals surface area contributed by atoms with Crippen LogP contribution >= 0.6 is 0 Å². The van der Waals surface area contributed by atoms with Crippen LogP contribution in [0.2, 0.25) is 0 Å². The van der Waals surface area contributed by atoms with Crippen molar-refractivity contribution in [3.05, 3.63) is 18.4 Å². The third-order valence-electron chi connectivity index (χ3n) is 0.689. The van der Waals surface area contributed by atoms with Gasteiger partial charge in [0.2, 0.25) is 0 Å². The Morgan fingerprint density at radius 2 is 2.67 bits per heavy atom. The first-order valence-corrected chi connectivity index (χ1v) is 2.42. The molecule has 3 heteroatoms. The monoisotopic (exact) mass is 125 g/mol. The van der Waals surface area contributed by atoms with Gasteiger partial charge in [0.1, 0.15) is 6.26 Å². The Morgan fingerprint density at radius 1 is 1.89 bits per heavy atom. The van der Waals surface area contributed by atoms with Crippen molar-refractivity contribution < 1.29 is 13.9 Å². The van der Waals surface area contributed by atoms with E-state index in [1.165, 1.54) is 19.3 Å². The van der Waals surface area contributed by atoms with Crippen molar-refractivity contribution in [2.24, 2.45) is 0 Å². The molecule has 0 N–H and O–H groups in total. The molecule has 0 bridgehead atoms. The fourth-order valence-corrected chi connectivity index (χ4v) is 0.423. The molecule has 3 nitrogen and oxygen atoms in total. The molecular formula is C6H5O3. The molecule has 47 valence electrons. The van der Waals surface area contributed by atoms with Crippen LogP contribution in [-0.4, -0.2) is 5.97 Å². The summed E-state index contributed by atoms with van der Waals surface area (Å²) in [6, 6.07) is 4.04. The lowest BCUT2D eigenvalue weighted by atomic mass is 10.6. The second-order valence-electron chi connectivity index (χ2n) is 1.46. The van der Waals surface area contributed by atoms with E-state index < -0.39 is 5.97 Å². The molecule has 0 aliphatic rings. The lowest BCUT2D eigenvalue weighted by Gasteiger charge is -1.90. The number of carbonyl (C=O) groups excluding carboxylic acids is 1. The van der Waals surface area contributed by atoms with Gasteiger partial charge in [-0.2, -0.15) is 0 Å². The van der Waals surface area contributed by atoms with Crippen molar-refractivity contribution in [2.45, 2.75) is 6.92 Å². The summed E-state index contributed by atoms with van der Waals surface area (Å²) in [6.07, 6.45) is 1.32. The van der Waals surface area contributed by atoms with Crippen molar-refractivity contribution in [3.8, 4) is 5.95 Å². The molecule has 1 aromatic rings. The zero-order valence-corrected chi connectivity index (χ0v) is 4.88. The largest absolute Gasteiger partial charge is 0.433 e. The van der Waals surface area contributed by atoms with Gasteiger partial charge in [0.15, 0.2) is 0 Å². The van der Waals surface area contributed by atoms with Crippen LogP contribution in [0.3, 0.4) is 0 Å². The van der Waals surface area contributed by atoms with Gasteiger partial charge in [-0.3, -0.25) is 4.79 Å². The van der Waals surface area contributed by atoms with Crippen LogP contribution in [0.1, 0.15) is 6.92 Å². The summed E-state index contributed by atoms with van der Waals surface area (Å²) in [5, 5.41) is 0. The fraction of sp³-hybridized carbons (Fsp3) is 0.167. The van der Waals surface area contributed by atoms with E-state index in [1.54, 1.807) is 0 Å². The molecular weight excluding hydrogens is 120 g/mol. The van der Waals surface area contributed by atoms with E-state index >= 15 is 0 Å². The van der Waals surface area contributed by atoms with Gasteiger partial charge < -0.3 is 9.15 Å². The minimum Gasteiger partial charge on any atom is -0.433 e. The van der Waals surface area contributed by atoms with Crippen LogP contribution in [0.15, 0.2) is 16.7 Å². The zero-order chi connectivity index (χ0) is 6.69. The van der Waals surface area contributed by atoms with Crippen LogP contribution in [0.4, 0.5) is 0 Å². The molecule has 1 radical (unpaired) electrons. The lowest BCUT2D eigenvalue weighted by Crippen LogP contribution is -1.99. The Bertz CT molecular complexity index is 188. The molecule has 0 fully saturated rings. The highest BCUT2D eigenvalue weighted by Gasteiger charge is 1.97. The number of ether oxygens (including phenoxy) is 1. The molecule has 1 heterocycles. The molecule has 0 spiro atoms. The highest BCUT2D eigenvalue weighted by Crippen LogP contribution is 2.08. The SMILES string of the molecule is CC(=O)Oc1c[c]co1. The van der Waals surface area contributed by atoms with Gasteiger partial charge in [-0.15, -0.1) is 0 Å². The molecule has 0 saturated heterocycles. The summed E-state index contributed by atoms with van der Waals surface area (Å²) in [5.41, 5.74) is 0. The second-order valence-corrected chi connectivity index (χ2v) is 1.46. The van der Waals surface area contributed by atoms with Gasteiger partial charge in [-0.25, -0.2) is 0 Å². The number of rotatable bonds is 1. The van der Waals surface area contributed by atoms with E-state index in [1.807, 2.05) is 0 Å². The molecule has 0 aromatic carbocycles. The zero-order valence-electron chi connectivity index (χ0n) is 4.88. The summed E-state index contributed by atoms with van der Waals surface area (Å²) in [6.45, 7) is 1.31. The van der Waals surface area contributed by atoms with Gasteiger partial charge >= 0.3 is 5.97 Å². The minimum absolute atomic E-state index is 0.183. The third kappa shape index (κ3) is 1.60. The van der Waals surface area contributed by atoms with Crippen molar-refractivity contribution in [2.75, 3.05) is 0 Å². The topological polar surface area (TPSA) is 39.4 Å². The van der Waals surface area contributed by atoms with Crippen molar-refractivity contribution in [1.29, 1.82) is 0 Å². The molecule has 0 unspecified atom stereocenters. The molecule has 9 heavy (non-hydrogen) atoms. The maximum absolute atomic E-state index is 10.2. The second kappa shape index (κ2) is 2.35. The van der Waals surface area contributed by atoms with Crippen LogP contribution in [0.5, 0.6) is 5.95 Å². The molecule has 0 atom stereocenters. The third-order valence-corrected chi connectivity index (χ3v) is 0.689. The Balaban J connectivity index is 2.58. The molecule has 0 saturated carbocycles. The van der Waals surface area contributed by atoms with E-state index in [9.17, 15) is 4.79 Å². The van der Waals surface area contributed by atoms with Gasteiger partial charge in [-0.05, 0) is 0 Å². The average Bonchev–Trinajstić information content (AvgIpc) is 2.15.